The fraction of sp³-hybridized carbons (Fsp3) is 0.571. The molecule has 1 unspecified atom stereocenters. The molecule has 0 saturated carbocycles. The van der Waals surface area contributed by atoms with Crippen molar-refractivity contribution in [3.05, 3.63) is 35.4 Å². The van der Waals surface area contributed by atoms with E-state index in [1.54, 1.807) is 0 Å². The summed E-state index contributed by atoms with van der Waals surface area (Å²) in [5.41, 5.74) is 2.14. The second kappa shape index (κ2) is 6.50. The maximum Gasteiger partial charge on any atom is 0.213 e. The van der Waals surface area contributed by atoms with Crippen LogP contribution >= 0.6 is 0 Å². The van der Waals surface area contributed by atoms with Crippen molar-refractivity contribution in [3.63, 3.8) is 0 Å². The second-order valence-electron chi connectivity index (χ2n) is 5.18. The molecule has 0 bridgehead atoms. The summed E-state index contributed by atoms with van der Waals surface area (Å²) < 4.78 is 26.8. The van der Waals surface area contributed by atoms with Gasteiger partial charge in [0.1, 0.15) is 0 Å². The molecule has 0 radical (unpaired) electrons. The van der Waals surface area contributed by atoms with Gasteiger partial charge in [-0.25, -0.2) is 13.1 Å². The van der Waals surface area contributed by atoms with Gasteiger partial charge in [0.15, 0.2) is 0 Å². The third-order valence-corrected chi connectivity index (χ3v) is 5.00. The highest BCUT2D eigenvalue weighted by Gasteiger charge is 2.20. The first-order valence-corrected chi connectivity index (χ1v) is 8.47. The van der Waals surface area contributed by atoms with Crippen LogP contribution in [0.15, 0.2) is 24.3 Å². The number of sulfonamides is 1. The molecule has 0 amide bonds. The van der Waals surface area contributed by atoms with Crippen LogP contribution in [0.1, 0.15) is 30.4 Å². The Morgan fingerprint density at radius 3 is 2.79 bits per heavy atom. The first-order chi connectivity index (χ1) is 9.07. The van der Waals surface area contributed by atoms with E-state index in [1.165, 1.54) is 0 Å². The summed E-state index contributed by atoms with van der Waals surface area (Å²) in [7, 11) is -3.21. The molecule has 1 aromatic carbocycles. The molecule has 1 aromatic rings. The van der Waals surface area contributed by atoms with Crippen molar-refractivity contribution in [2.24, 2.45) is 0 Å². The zero-order valence-corrected chi connectivity index (χ0v) is 12.2. The number of piperidine rings is 1. The van der Waals surface area contributed by atoms with Crippen LogP contribution < -0.4 is 10.0 Å². The fourth-order valence-corrected chi connectivity index (χ4v) is 3.69. The van der Waals surface area contributed by atoms with Gasteiger partial charge < -0.3 is 5.32 Å². The second-order valence-corrected chi connectivity index (χ2v) is 7.03. The average molecular weight is 282 g/mol. The van der Waals surface area contributed by atoms with E-state index in [4.69, 9.17) is 0 Å². The van der Waals surface area contributed by atoms with Crippen molar-refractivity contribution in [1.29, 1.82) is 0 Å². The van der Waals surface area contributed by atoms with Crippen molar-refractivity contribution in [2.75, 3.05) is 12.3 Å². The molecule has 1 fully saturated rings. The summed E-state index contributed by atoms with van der Waals surface area (Å²) in [6.45, 7) is 3.30. The topological polar surface area (TPSA) is 58.2 Å². The summed E-state index contributed by atoms with van der Waals surface area (Å²) in [6, 6.07) is 7.94. The van der Waals surface area contributed by atoms with Gasteiger partial charge in [0.25, 0.3) is 0 Å². The molecule has 0 spiro atoms. The minimum atomic E-state index is -3.21. The molecule has 1 aliphatic heterocycles. The van der Waals surface area contributed by atoms with Crippen molar-refractivity contribution >= 4 is 10.0 Å². The van der Waals surface area contributed by atoms with E-state index in [9.17, 15) is 8.42 Å². The van der Waals surface area contributed by atoms with E-state index in [2.05, 4.69) is 10.0 Å². The first kappa shape index (κ1) is 14.5. The number of rotatable bonds is 5. The molecular formula is C14H22N2O2S. The molecule has 2 N–H and O–H groups in total. The average Bonchev–Trinajstić information content (AvgIpc) is 2.38. The van der Waals surface area contributed by atoms with Gasteiger partial charge >= 0.3 is 0 Å². The summed E-state index contributed by atoms with van der Waals surface area (Å²) >= 11 is 0. The first-order valence-electron chi connectivity index (χ1n) is 6.82. The lowest BCUT2D eigenvalue weighted by molar-refractivity contribution is 0.422. The number of nitrogens with one attached hydrogen (secondary N) is 2. The Morgan fingerprint density at radius 1 is 1.32 bits per heavy atom. The number of aryl methyl sites for hydroxylation is 1. The van der Waals surface area contributed by atoms with E-state index in [0.717, 1.165) is 36.9 Å². The summed E-state index contributed by atoms with van der Waals surface area (Å²) in [5.74, 6) is 0.179. The molecule has 0 aliphatic carbocycles. The van der Waals surface area contributed by atoms with Crippen LogP contribution in [0.25, 0.3) is 0 Å². The predicted molar refractivity (Wildman–Crippen MR) is 77.4 cm³/mol. The Bertz CT molecular complexity index is 508. The largest absolute Gasteiger partial charge is 0.313 e. The van der Waals surface area contributed by atoms with Crippen molar-refractivity contribution in [2.45, 2.75) is 38.8 Å². The normalized spacial score (nSPS) is 20.4. The molecule has 1 aliphatic rings. The fourth-order valence-electron chi connectivity index (χ4n) is 2.39. The van der Waals surface area contributed by atoms with Crippen molar-refractivity contribution < 1.29 is 8.42 Å². The Hall–Kier alpha value is -0.910. The molecule has 5 heteroatoms. The lowest BCUT2D eigenvalue weighted by Gasteiger charge is -2.23. The molecule has 1 saturated heterocycles. The molecule has 19 heavy (non-hydrogen) atoms. The van der Waals surface area contributed by atoms with Gasteiger partial charge in [-0.2, -0.15) is 0 Å². The van der Waals surface area contributed by atoms with Gasteiger partial charge in [0, 0.05) is 12.6 Å². The van der Waals surface area contributed by atoms with E-state index < -0.39 is 10.0 Å². The molecule has 106 valence electrons. The van der Waals surface area contributed by atoms with E-state index >= 15 is 0 Å². The standard InChI is InChI=1S/C14H22N2O2S/c1-12-6-2-3-7-13(12)10-16-19(17,18)11-14-8-4-5-9-15-14/h2-3,6-7,14-16H,4-5,8-11H2,1H3. The molecular weight excluding hydrogens is 260 g/mol. The van der Waals surface area contributed by atoms with Crippen LogP contribution in [0.5, 0.6) is 0 Å². The van der Waals surface area contributed by atoms with Crippen LogP contribution in [0.4, 0.5) is 0 Å². The Kier molecular flexibility index (Phi) is 4.96. The highest BCUT2D eigenvalue weighted by molar-refractivity contribution is 7.89. The van der Waals surface area contributed by atoms with Crippen LogP contribution in [-0.4, -0.2) is 26.8 Å². The van der Waals surface area contributed by atoms with Gasteiger partial charge in [-0.3, -0.25) is 0 Å². The SMILES string of the molecule is Cc1ccccc1CNS(=O)(=O)CC1CCCCN1. The summed E-state index contributed by atoms with van der Waals surface area (Å²) in [5, 5.41) is 3.27. The predicted octanol–water partition coefficient (Wildman–Crippen LogP) is 1.56. The monoisotopic (exact) mass is 282 g/mol. The number of hydrogen-bond acceptors (Lipinski definition) is 3. The quantitative estimate of drug-likeness (QED) is 0.861. The molecule has 2 rings (SSSR count). The smallest absolute Gasteiger partial charge is 0.213 e. The van der Waals surface area contributed by atoms with Gasteiger partial charge in [-0.05, 0) is 37.4 Å². The van der Waals surface area contributed by atoms with Crippen LogP contribution in [-0.2, 0) is 16.6 Å². The van der Waals surface area contributed by atoms with Gasteiger partial charge in [0.05, 0.1) is 5.75 Å². The van der Waals surface area contributed by atoms with Gasteiger partial charge in [-0.1, -0.05) is 30.7 Å². The molecule has 1 atom stereocenters. The summed E-state index contributed by atoms with van der Waals surface area (Å²) in [6.07, 6.45) is 3.21. The van der Waals surface area contributed by atoms with Crippen LogP contribution in [0.3, 0.4) is 0 Å². The summed E-state index contributed by atoms with van der Waals surface area (Å²) in [4.78, 5) is 0. The maximum absolute atomic E-state index is 12.0. The molecule has 0 aromatic heterocycles. The number of benzene rings is 1. The molecule has 4 nitrogen and oxygen atoms in total. The zero-order chi connectivity index (χ0) is 13.7. The zero-order valence-electron chi connectivity index (χ0n) is 11.4. The van der Waals surface area contributed by atoms with E-state index in [-0.39, 0.29) is 11.8 Å². The van der Waals surface area contributed by atoms with Crippen LogP contribution in [0, 0.1) is 6.92 Å². The van der Waals surface area contributed by atoms with Crippen LogP contribution in [0.2, 0.25) is 0 Å². The third kappa shape index (κ3) is 4.60. The van der Waals surface area contributed by atoms with Crippen molar-refractivity contribution in [1.82, 2.24) is 10.0 Å². The maximum atomic E-state index is 12.0. The lowest BCUT2D eigenvalue weighted by atomic mass is 10.1. The Balaban J connectivity index is 1.88. The lowest BCUT2D eigenvalue weighted by Crippen LogP contribution is -2.42. The van der Waals surface area contributed by atoms with Gasteiger partial charge in [0.2, 0.25) is 10.0 Å². The number of hydrogen-bond donors (Lipinski definition) is 2. The highest BCUT2D eigenvalue weighted by Crippen LogP contribution is 2.10. The van der Waals surface area contributed by atoms with E-state index in [0.29, 0.717) is 6.54 Å². The van der Waals surface area contributed by atoms with Crippen molar-refractivity contribution in [3.8, 4) is 0 Å². The highest BCUT2D eigenvalue weighted by atomic mass is 32.2. The Labute approximate surface area is 115 Å². The minimum Gasteiger partial charge on any atom is -0.313 e. The molecule has 1 heterocycles. The third-order valence-electron chi connectivity index (χ3n) is 3.58. The van der Waals surface area contributed by atoms with E-state index in [1.807, 2.05) is 31.2 Å². The Morgan fingerprint density at radius 2 is 2.11 bits per heavy atom. The minimum absolute atomic E-state index is 0.100. The van der Waals surface area contributed by atoms with Gasteiger partial charge in [-0.15, -0.1) is 0 Å².